The summed E-state index contributed by atoms with van der Waals surface area (Å²) < 4.78 is 0. The van der Waals surface area contributed by atoms with Crippen molar-refractivity contribution in [3.05, 3.63) is 35.9 Å². The molecule has 0 bridgehead atoms. The van der Waals surface area contributed by atoms with Crippen molar-refractivity contribution in [3.8, 4) is 0 Å². The van der Waals surface area contributed by atoms with Gasteiger partial charge in [-0.25, -0.2) is 0 Å². The Labute approximate surface area is 105 Å². The van der Waals surface area contributed by atoms with Crippen molar-refractivity contribution in [2.45, 2.75) is 12.5 Å². The summed E-state index contributed by atoms with van der Waals surface area (Å²) in [6, 6.07) is 8.32. The molecule has 4 N–H and O–H groups in total. The fourth-order valence-electron chi connectivity index (χ4n) is 0.951. The van der Waals surface area contributed by atoms with E-state index in [1.54, 1.807) is 0 Å². The van der Waals surface area contributed by atoms with Crippen LogP contribution in [0.25, 0.3) is 0 Å². The second-order valence-electron chi connectivity index (χ2n) is 2.62. The van der Waals surface area contributed by atoms with Gasteiger partial charge in [0.15, 0.2) is 0 Å². The van der Waals surface area contributed by atoms with Gasteiger partial charge in [0.1, 0.15) is 0 Å². The smallest absolute Gasteiger partial charge is 0.548 e. The van der Waals surface area contributed by atoms with Crippen LogP contribution >= 0.6 is 0 Å². The molecular formula is C9H12NNaO3. The van der Waals surface area contributed by atoms with E-state index < -0.39 is 12.0 Å². The first-order valence-corrected chi connectivity index (χ1v) is 3.70. The van der Waals surface area contributed by atoms with Crippen LogP contribution in [0.1, 0.15) is 5.56 Å². The van der Waals surface area contributed by atoms with Gasteiger partial charge in [-0.3, -0.25) is 0 Å². The first kappa shape index (κ1) is 16.1. The van der Waals surface area contributed by atoms with Gasteiger partial charge in [0.25, 0.3) is 0 Å². The Kier molecular flexibility index (Phi) is 9.13. The van der Waals surface area contributed by atoms with Crippen molar-refractivity contribution in [3.63, 3.8) is 0 Å². The molecular weight excluding hydrogens is 193 g/mol. The molecule has 72 valence electrons. The van der Waals surface area contributed by atoms with Crippen molar-refractivity contribution in [1.29, 1.82) is 0 Å². The Morgan fingerprint density at radius 2 is 1.86 bits per heavy atom. The van der Waals surface area contributed by atoms with Crippen LogP contribution in [0.2, 0.25) is 0 Å². The summed E-state index contributed by atoms with van der Waals surface area (Å²) in [5.74, 6) is -1.21. The maximum absolute atomic E-state index is 10.3. The van der Waals surface area contributed by atoms with Gasteiger partial charge in [-0.2, -0.15) is 0 Å². The molecule has 0 heterocycles. The van der Waals surface area contributed by atoms with Crippen LogP contribution in [0.15, 0.2) is 30.3 Å². The summed E-state index contributed by atoms with van der Waals surface area (Å²) in [4.78, 5) is 10.3. The molecule has 1 aromatic rings. The van der Waals surface area contributed by atoms with E-state index in [0.29, 0.717) is 6.42 Å². The number of benzene rings is 1. The Morgan fingerprint density at radius 3 is 2.29 bits per heavy atom. The quantitative estimate of drug-likeness (QED) is 0.503. The zero-order valence-corrected chi connectivity index (χ0v) is 10.1. The van der Waals surface area contributed by atoms with Gasteiger partial charge in [-0.05, 0) is 12.0 Å². The van der Waals surface area contributed by atoms with Gasteiger partial charge in [0, 0.05) is 6.04 Å². The number of nitrogens with two attached hydrogens (primary N) is 1. The fraction of sp³-hybridized carbons (Fsp3) is 0.222. The number of hydrogen-bond acceptors (Lipinski definition) is 3. The normalized spacial score (nSPS) is 10.6. The number of rotatable bonds is 3. The molecule has 0 fully saturated rings. The molecule has 0 unspecified atom stereocenters. The van der Waals surface area contributed by atoms with Crippen LogP contribution in [0, 0.1) is 0 Å². The Morgan fingerprint density at radius 1 is 1.36 bits per heavy atom. The standard InChI is InChI=1S/C9H11NO2.Na.H2O/c10-8(9(11)12)6-7-4-2-1-3-5-7;;/h1-5,8H,6,10H2,(H,11,12);;1H2/q;+1;/p-1/t8-;;/m0../s1. The Balaban J connectivity index is 0. The van der Waals surface area contributed by atoms with Gasteiger partial charge in [-0.15, -0.1) is 0 Å². The van der Waals surface area contributed by atoms with Gasteiger partial charge < -0.3 is 21.1 Å². The third-order valence-corrected chi connectivity index (χ3v) is 1.60. The molecule has 4 nitrogen and oxygen atoms in total. The number of carboxylic acids is 1. The molecule has 1 aromatic carbocycles. The van der Waals surface area contributed by atoms with E-state index in [1.165, 1.54) is 0 Å². The Bertz CT molecular complexity index is 266. The first-order chi connectivity index (χ1) is 5.70. The van der Waals surface area contributed by atoms with Crippen molar-refractivity contribution >= 4 is 5.97 Å². The van der Waals surface area contributed by atoms with Crippen LogP contribution in [0.3, 0.4) is 0 Å². The second kappa shape index (κ2) is 7.96. The molecule has 5 heteroatoms. The van der Waals surface area contributed by atoms with E-state index in [1.807, 2.05) is 30.3 Å². The van der Waals surface area contributed by atoms with Gasteiger partial charge in [-0.1, -0.05) is 30.3 Å². The fourth-order valence-corrected chi connectivity index (χ4v) is 0.951. The van der Waals surface area contributed by atoms with Crippen LogP contribution in [-0.4, -0.2) is 17.5 Å². The minimum Gasteiger partial charge on any atom is -0.548 e. The van der Waals surface area contributed by atoms with Gasteiger partial charge >= 0.3 is 29.6 Å². The molecule has 0 amide bonds. The summed E-state index contributed by atoms with van der Waals surface area (Å²) in [6.45, 7) is 0. The molecule has 0 aromatic heterocycles. The van der Waals surface area contributed by atoms with Crippen LogP contribution in [-0.2, 0) is 11.2 Å². The van der Waals surface area contributed by atoms with E-state index in [0.717, 1.165) is 5.56 Å². The zero-order valence-electron chi connectivity index (χ0n) is 8.07. The number of aliphatic carboxylic acids is 1. The van der Waals surface area contributed by atoms with Crippen molar-refractivity contribution < 1.29 is 44.9 Å². The predicted molar refractivity (Wildman–Crippen MR) is 46.7 cm³/mol. The molecule has 1 rings (SSSR count). The van der Waals surface area contributed by atoms with E-state index in [-0.39, 0.29) is 35.0 Å². The monoisotopic (exact) mass is 205 g/mol. The largest absolute Gasteiger partial charge is 1.00 e. The molecule has 0 radical (unpaired) electrons. The van der Waals surface area contributed by atoms with E-state index in [2.05, 4.69) is 0 Å². The molecule has 1 atom stereocenters. The maximum Gasteiger partial charge on any atom is 1.00 e. The Hall–Kier alpha value is -0.390. The summed E-state index contributed by atoms with van der Waals surface area (Å²) in [5, 5.41) is 10.3. The van der Waals surface area contributed by atoms with Crippen LogP contribution < -0.4 is 40.4 Å². The van der Waals surface area contributed by atoms with Crippen LogP contribution in [0.5, 0.6) is 0 Å². The summed E-state index contributed by atoms with van der Waals surface area (Å²) >= 11 is 0. The SMILES string of the molecule is N[C@@H](Cc1ccccc1)C(=O)[O-].O.[Na+]. The minimum atomic E-state index is -1.21. The molecule has 0 aliphatic rings. The predicted octanol–water partition coefficient (Wildman–Crippen LogP) is -4.51. The third kappa shape index (κ3) is 5.36. The zero-order chi connectivity index (χ0) is 8.97. The topological polar surface area (TPSA) is 97.7 Å². The molecule has 0 saturated heterocycles. The maximum atomic E-state index is 10.3. The molecule has 0 aliphatic carbocycles. The van der Waals surface area contributed by atoms with Crippen molar-refractivity contribution in [2.24, 2.45) is 5.73 Å². The van der Waals surface area contributed by atoms with E-state index in [4.69, 9.17) is 5.73 Å². The summed E-state index contributed by atoms with van der Waals surface area (Å²) in [6.07, 6.45) is 0.323. The second-order valence-corrected chi connectivity index (χ2v) is 2.62. The first-order valence-electron chi connectivity index (χ1n) is 3.70. The third-order valence-electron chi connectivity index (χ3n) is 1.60. The average molecular weight is 205 g/mol. The molecule has 14 heavy (non-hydrogen) atoms. The summed E-state index contributed by atoms with van der Waals surface area (Å²) in [5.41, 5.74) is 6.20. The average Bonchev–Trinajstić information content (AvgIpc) is 2.06. The minimum absolute atomic E-state index is 0. The molecule has 0 saturated carbocycles. The van der Waals surface area contributed by atoms with Crippen LogP contribution in [0.4, 0.5) is 0 Å². The molecule has 0 aliphatic heterocycles. The molecule has 0 spiro atoms. The van der Waals surface area contributed by atoms with Gasteiger partial charge in [0.2, 0.25) is 0 Å². The van der Waals surface area contributed by atoms with Gasteiger partial charge in [0.05, 0.1) is 5.97 Å². The number of carbonyl (C=O) groups excluding carboxylic acids is 1. The number of hydrogen-bond donors (Lipinski definition) is 1. The van der Waals surface area contributed by atoms with Crippen molar-refractivity contribution in [2.75, 3.05) is 0 Å². The summed E-state index contributed by atoms with van der Waals surface area (Å²) in [7, 11) is 0. The van der Waals surface area contributed by atoms with E-state index in [9.17, 15) is 9.90 Å². The number of carboxylic acid groups (broad SMARTS) is 1. The number of carbonyl (C=O) groups is 1. The van der Waals surface area contributed by atoms with Crippen molar-refractivity contribution in [1.82, 2.24) is 0 Å². The van der Waals surface area contributed by atoms with E-state index >= 15 is 0 Å².